The van der Waals surface area contributed by atoms with E-state index in [9.17, 15) is 22.4 Å². The molecule has 1 rings (SSSR count). The van der Waals surface area contributed by atoms with Crippen molar-refractivity contribution >= 4 is 5.97 Å². The first-order chi connectivity index (χ1) is 9.33. The molecule has 0 saturated heterocycles. The molecule has 1 aromatic carbocycles. The second kappa shape index (κ2) is 7.09. The average molecular weight is 296 g/mol. The number of hydrogen-bond acceptors (Lipinski definition) is 3. The molecule has 0 atom stereocenters. The fourth-order valence-electron chi connectivity index (χ4n) is 1.18. The number of halogens is 4. The number of hydrogen-bond donors (Lipinski definition) is 1. The fourth-order valence-corrected chi connectivity index (χ4v) is 1.18. The summed E-state index contributed by atoms with van der Waals surface area (Å²) in [5.41, 5.74) is 0.0742. The first kappa shape index (κ1) is 16.2. The van der Waals surface area contributed by atoms with Crippen molar-refractivity contribution in [2.45, 2.75) is 12.3 Å². The summed E-state index contributed by atoms with van der Waals surface area (Å²) in [6.07, 6.45) is -3.77. The number of rotatable bonds is 8. The smallest absolute Gasteiger partial charge is 0.335 e. The lowest BCUT2D eigenvalue weighted by Gasteiger charge is -2.15. The van der Waals surface area contributed by atoms with Crippen LogP contribution in [0.1, 0.15) is 10.4 Å². The number of benzene rings is 1. The van der Waals surface area contributed by atoms with E-state index >= 15 is 0 Å². The summed E-state index contributed by atoms with van der Waals surface area (Å²) in [4.78, 5) is 10.6. The fraction of sp³-hybridized carbons (Fsp3) is 0.417. The topological polar surface area (TPSA) is 55.8 Å². The standard InChI is InChI=1S/C12H12F4O4/c13-11(14)12(15,16)7-19-5-6-20-9-3-1-8(2-4-9)10(17)18/h1-4,11H,5-7H2,(H,17,18). The van der Waals surface area contributed by atoms with Gasteiger partial charge in [0.05, 0.1) is 12.2 Å². The van der Waals surface area contributed by atoms with Gasteiger partial charge in [0.1, 0.15) is 19.0 Å². The van der Waals surface area contributed by atoms with Crippen LogP contribution in [0.5, 0.6) is 5.75 Å². The molecule has 0 bridgehead atoms. The lowest BCUT2D eigenvalue weighted by Crippen LogP contribution is -2.33. The highest BCUT2D eigenvalue weighted by Crippen LogP contribution is 2.22. The third-order valence-electron chi connectivity index (χ3n) is 2.21. The van der Waals surface area contributed by atoms with E-state index in [1.807, 2.05) is 0 Å². The van der Waals surface area contributed by atoms with Crippen molar-refractivity contribution < 1.29 is 36.9 Å². The lowest BCUT2D eigenvalue weighted by molar-refractivity contribution is -0.166. The van der Waals surface area contributed by atoms with Crippen LogP contribution in [0.2, 0.25) is 0 Å². The van der Waals surface area contributed by atoms with Crippen molar-refractivity contribution in [2.75, 3.05) is 19.8 Å². The number of carbonyl (C=O) groups is 1. The van der Waals surface area contributed by atoms with Gasteiger partial charge in [-0.2, -0.15) is 8.78 Å². The van der Waals surface area contributed by atoms with Gasteiger partial charge >= 0.3 is 18.3 Å². The highest BCUT2D eigenvalue weighted by Gasteiger charge is 2.40. The molecule has 0 spiro atoms. The van der Waals surface area contributed by atoms with Crippen LogP contribution in [0.3, 0.4) is 0 Å². The minimum absolute atomic E-state index is 0.0742. The second-order valence-electron chi connectivity index (χ2n) is 3.79. The molecule has 112 valence electrons. The average Bonchev–Trinajstić information content (AvgIpc) is 2.38. The number of aromatic carboxylic acids is 1. The van der Waals surface area contributed by atoms with E-state index in [-0.39, 0.29) is 18.8 Å². The molecule has 8 heteroatoms. The van der Waals surface area contributed by atoms with Crippen molar-refractivity contribution in [3.63, 3.8) is 0 Å². The van der Waals surface area contributed by atoms with Crippen molar-refractivity contribution in [3.05, 3.63) is 29.8 Å². The van der Waals surface area contributed by atoms with E-state index < -0.39 is 24.9 Å². The quantitative estimate of drug-likeness (QED) is 0.592. The zero-order valence-corrected chi connectivity index (χ0v) is 10.2. The molecule has 0 aliphatic heterocycles. The molecule has 1 aromatic rings. The van der Waals surface area contributed by atoms with Crippen molar-refractivity contribution in [1.29, 1.82) is 0 Å². The van der Waals surface area contributed by atoms with Crippen molar-refractivity contribution in [2.24, 2.45) is 0 Å². The second-order valence-corrected chi connectivity index (χ2v) is 3.79. The number of carboxylic acids is 1. The van der Waals surface area contributed by atoms with Gasteiger partial charge in [0, 0.05) is 0 Å². The van der Waals surface area contributed by atoms with Gasteiger partial charge in [-0.1, -0.05) is 0 Å². The number of alkyl halides is 4. The number of ether oxygens (including phenoxy) is 2. The maximum Gasteiger partial charge on any atom is 0.335 e. The van der Waals surface area contributed by atoms with Crippen LogP contribution in [-0.4, -0.2) is 43.2 Å². The molecule has 0 radical (unpaired) electrons. The molecule has 0 aliphatic rings. The largest absolute Gasteiger partial charge is 0.491 e. The predicted octanol–water partition coefficient (Wildman–Crippen LogP) is 2.68. The highest BCUT2D eigenvalue weighted by atomic mass is 19.3. The predicted molar refractivity (Wildman–Crippen MR) is 60.7 cm³/mol. The van der Waals surface area contributed by atoms with Gasteiger partial charge in [0.25, 0.3) is 0 Å². The van der Waals surface area contributed by atoms with Gasteiger partial charge in [-0.3, -0.25) is 0 Å². The molecule has 0 saturated carbocycles. The van der Waals surface area contributed by atoms with Crippen LogP contribution in [0.15, 0.2) is 24.3 Å². The molecule has 4 nitrogen and oxygen atoms in total. The molecular weight excluding hydrogens is 284 g/mol. The summed E-state index contributed by atoms with van der Waals surface area (Å²) in [5, 5.41) is 8.65. The summed E-state index contributed by atoms with van der Waals surface area (Å²) in [6, 6.07) is 5.39. The van der Waals surface area contributed by atoms with Gasteiger partial charge < -0.3 is 14.6 Å². The maximum absolute atomic E-state index is 12.4. The molecule has 0 aliphatic carbocycles. The Hall–Kier alpha value is -1.83. The van der Waals surface area contributed by atoms with Gasteiger partial charge in [-0.05, 0) is 24.3 Å². The van der Waals surface area contributed by atoms with Crippen LogP contribution in [-0.2, 0) is 4.74 Å². The first-order valence-corrected chi connectivity index (χ1v) is 5.53. The Morgan fingerprint density at radius 1 is 1.20 bits per heavy atom. The van der Waals surface area contributed by atoms with Crippen LogP contribution < -0.4 is 4.74 Å². The summed E-state index contributed by atoms with van der Waals surface area (Å²) < 4.78 is 57.9. The summed E-state index contributed by atoms with van der Waals surface area (Å²) in [5.74, 6) is -4.95. The Bertz CT molecular complexity index is 434. The highest BCUT2D eigenvalue weighted by molar-refractivity contribution is 5.87. The minimum atomic E-state index is -4.18. The third kappa shape index (κ3) is 5.04. The SMILES string of the molecule is O=C(O)c1ccc(OCCOCC(F)(F)C(F)F)cc1. The Morgan fingerprint density at radius 3 is 2.30 bits per heavy atom. The van der Waals surface area contributed by atoms with Gasteiger partial charge in [0.15, 0.2) is 0 Å². The Morgan fingerprint density at radius 2 is 1.80 bits per heavy atom. The van der Waals surface area contributed by atoms with Crippen LogP contribution in [0.25, 0.3) is 0 Å². The van der Waals surface area contributed by atoms with Gasteiger partial charge in [-0.15, -0.1) is 0 Å². The maximum atomic E-state index is 12.4. The van der Waals surface area contributed by atoms with E-state index in [1.165, 1.54) is 24.3 Å². The lowest BCUT2D eigenvalue weighted by atomic mass is 10.2. The van der Waals surface area contributed by atoms with E-state index in [0.717, 1.165) is 0 Å². The Kier molecular flexibility index (Phi) is 5.75. The summed E-state index contributed by atoms with van der Waals surface area (Å²) >= 11 is 0. The summed E-state index contributed by atoms with van der Waals surface area (Å²) in [7, 11) is 0. The molecule has 0 aromatic heterocycles. The third-order valence-corrected chi connectivity index (χ3v) is 2.21. The first-order valence-electron chi connectivity index (χ1n) is 5.53. The van der Waals surface area contributed by atoms with Crippen molar-refractivity contribution in [1.82, 2.24) is 0 Å². The summed E-state index contributed by atoms with van der Waals surface area (Å²) in [6.45, 7) is -1.79. The number of carboxylic acid groups (broad SMARTS) is 1. The van der Waals surface area contributed by atoms with E-state index in [4.69, 9.17) is 9.84 Å². The molecule has 20 heavy (non-hydrogen) atoms. The molecule has 0 heterocycles. The van der Waals surface area contributed by atoms with Crippen LogP contribution in [0, 0.1) is 0 Å². The van der Waals surface area contributed by atoms with E-state index in [1.54, 1.807) is 0 Å². The van der Waals surface area contributed by atoms with E-state index in [2.05, 4.69) is 4.74 Å². The van der Waals surface area contributed by atoms with Gasteiger partial charge in [0.2, 0.25) is 0 Å². The molecule has 0 fully saturated rings. The zero-order chi connectivity index (χ0) is 15.2. The normalized spacial score (nSPS) is 11.7. The van der Waals surface area contributed by atoms with Gasteiger partial charge in [-0.25, -0.2) is 13.6 Å². The molecule has 1 N–H and O–H groups in total. The monoisotopic (exact) mass is 296 g/mol. The molecule has 0 amide bonds. The van der Waals surface area contributed by atoms with E-state index in [0.29, 0.717) is 5.75 Å². The van der Waals surface area contributed by atoms with Crippen LogP contribution in [0.4, 0.5) is 17.6 Å². The van der Waals surface area contributed by atoms with Crippen molar-refractivity contribution in [3.8, 4) is 5.75 Å². The Balaban J connectivity index is 2.26. The van der Waals surface area contributed by atoms with Crippen LogP contribution >= 0.6 is 0 Å². The molecule has 0 unspecified atom stereocenters. The minimum Gasteiger partial charge on any atom is -0.491 e. The molecular formula is C12H12F4O4. The zero-order valence-electron chi connectivity index (χ0n) is 10.2. The Labute approximate surface area is 111 Å².